The predicted octanol–water partition coefficient (Wildman–Crippen LogP) is 2.32. The van der Waals surface area contributed by atoms with Gasteiger partial charge in [0.05, 0.1) is 11.9 Å². The van der Waals surface area contributed by atoms with Crippen LogP contribution in [-0.2, 0) is 10.0 Å². The molecule has 0 bridgehead atoms. The second-order valence-corrected chi connectivity index (χ2v) is 5.51. The normalized spacial score (nSPS) is 11.8. The minimum Gasteiger partial charge on any atom is -0.284 e. The quantitative estimate of drug-likeness (QED) is 0.867. The Bertz CT molecular complexity index is 454. The van der Waals surface area contributed by atoms with Crippen molar-refractivity contribution in [3.8, 4) is 0 Å². The first-order chi connectivity index (χ1) is 6.79. The Labute approximate surface area is 89.4 Å². The smallest absolute Gasteiger partial charge is 0.229 e. The Morgan fingerprint density at radius 1 is 1.33 bits per heavy atom. The molecule has 0 aliphatic carbocycles. The molecule has 1 rings (SSSR count). The highest BCUT2D eigenvalue weighted by Gasteiger charge is 2.08. The molecule has 0 aliphatic heterocycles. The summed E-state index contributed by atoms with van der Waals surface area (Å²) in [5.74, 6) is -0.309. The zero-order chi connectivity index (χ0) is 11.6. The maximum absolute atomic E-state index is 13.4. The Hall–Kier alpha value is -1.10. The molecule has 0 spiro atoms. The largest absolute Gasteiger partial charge is 0.284 e. The van der Waals surface area contributed by atoms with Crippen LogP contribution in [0.1, 0.15) is 25.3 Å². The molecule has 5 heteroatoms. The lowest BCUT2D eigenvalue weighted by molar-refractivity contribution is 0.598. The van der Waals surface area contributed by atoms with Crippen molar-refractivity contribution in [2.75, 3.05) is 11.0 Å². The third-order valence-electron chi connectivity index (χ3n) is 1.93. The fourth-order valence-corrected chi connectivity index (χ4v) is 1.83. The predicted molar refractivity (Wildman–Crippen MR) is 59.0 cm³/mol. The van der Waals surface area contributed by atoms with E-state index in [-0.39, 0.29) is 11.6 Å². The van der Waals surface area contributed by atoms with Crippen molar-refractivity contribution in [3.05, 3.63) is 29.6 Å². The number of halogens is 1. The number of rotatable bonds is 3. The molecular formula is C10H14FNO2S. The van der Waals surface area contributed by atoms with E-state index in [0.717, 1.165) is 6.26 Å². The fourth-order valence-electron chi connectivity index (χ4n) is 1.27. The van der Waals surface area contributed by atoms with Gasteiger partial charge < -0.3 is 0 Å². The van der Waals surface area contributed by atoms with Gasteiger partial charge in [0, 0.05) is 0 Å². The van der Waals surface area contributed by atoms with Crippen molar-refractivity contribution in [2.45, 2.75) is 19.8 Å². The molecule has 1 aromatic rings. The molecule has 0 unspecified atom stereocenters. The van der Waals surface area contributed by atoms with E-state index in [1.807, 2.05) is 13.8 Å². The molecule has 0 heterocycles. The highest BCUT2D eigenvalue weighted by Crippen LogP contribution is 2.21. The van der Waals surface area contributed by atoms with Crippen LogP contribution in [0.5, 0.6) is 0 Å². The van der Waals surface area contributed by atoms with Gasteiger partial charge >= 0.3 is 0 Å². The first kappa shape index (κ1) is 12.0. The van der Waals surface area contributed by atoms with Crippen LogP contribution in [0.3, 0.4) is 0 Å². The van der Waals surface area contributed by atoms with Crippen LogP contribution in [0.4, 0.5) is 10.1 Å². The lowest BCUT2D eigenvalue weighted by atomic mass is 10.0. The van der Waals surface area contributed by atoms with E-state index in [1.165, 1.54) is 6.07 Å². The van der Waals surface area contributed by atoms with Crippen LogP contribution in [-0.4, -0.2) is 14.7 Å². The maximum Gasteiger partial charge on any atom is 0.229 e. The molecule has 1 N–H and O–H groups in total. The summed E-state index contributed by atoms with van der Waals surface area (Å²) in [7, 11) is -3.34. The van der Waals surface area contributed by atoms with Crippen LogP contribution >= 0.6 is 0 Å². The molecule has 1 aromatic carbocycles. The van der Waals surface area contributed by atoms with E-state index in [2.05, 4.69) is 4.72 Å². The molecule has 84 valence electrons. The van der Waals surface area contributed by atoms with Gasteiger partial charge in [-0.2, -0.15) is 0 Å². The van der Waals surface area contributed by atoms with Gasteiger partial charge in [-0.15, -0.1) is 0 Å². The van der Waals surface area contributed by atoms with Crippen LogP contribution in [0.2, 0.25) is 0 Å². The van der Waals surface area contributed by atoms with E-state index in [9.17, 15) is 12.8 Å². The van der Waals surface area contributed by atoms with Gasteiger partial charge in [-0.05, 0) is 23.6 Å². The summed E-state index contributed by atoms with van der Waals surface area (Å²) < 4.78 is 37.5. The summed E-state index contributed by atoms with van der Waals surface area (Å²) in [4.78, 5) is 0. The number of benzene rings is 1. The monoisotopic (exact) mass is 231 g/mol. The Kier molecular flexibility index (Phi) is 3.34. The summed E-state index contributed by atoms with van der Waals surface area (Å²) >= 11 is 0. The molecule has 15 heavy (non-hydrogen) atoms. The number of hydrogen-bond acceptors (Lipinski definition) is 2. The zero-order valence-corrected chi connectivity index (χ0v) is 9.73. The number of hydrogen-bond donors (Lipinski definition) is 1. The van der Waals surface area contributed by atoms with E-state index in [0.29, 0.717) is 5.56 Å². The fraction of sp³-hybridized carbons (Fsp3) is 0.400. The summed E-state index contributed by atoms with van der Waals surface area (Å²) in [6, 6.07) is 4.34. The standard InChI is InChI=1S/C10H14FNO2S/c1-7(2)9-5-4-8(6-10(9)11)12-15(3,13)14/h4-7,12H,1-3H3. The molecule has 0 radical (unpaired) electrons. The van der Waals surface area contributed by atoms with Gasteiger partial charge in [-0.1, -0.05) is 19.9 Å². The molecule has 3 nitrogen and oxygen atoms in total. The van der Waals surface area contributed by atoms with Crippen molar-refractivity contribution in [1.29, 1.82) is 0 Å². The van der Waals surface area contributed by atoms with E-state index in [1.54, 1.807) is 12.1 Å². The molecule has 0 saturated heterocycles. The minimum absolute atomic E-state index is 0.0808. The SMILES string of the molecule is CC(C)c1ccc(NS(C)(=O)=O)cc1F. The van der Waals surface area contributed by atoms with Crippen LogP contribution < -0.4 is 4.72 Å². The highest BCUT2D eigenvalue weighted by molar-refractivity contribution is 7.92. The first-order valence-electron chi connectivity index (χ1n) is 4.57. The Morgan fingerprint density at radius 2 is 1.93 bits per heavy atom. The summed E-state index contributed by atoms with van der Waals surface area (Å²) in [6.45, 7) is 3.75. The Balaban J connectivity index is 3.02. The van der Waals surface area contributed by atoms with Crippen molar-refractivity contribution in [1.82, 2.24) is 0 Å². The molecule has 0 aliphatic rings. The van der Waals surface area contributed by atoms with Crippen LogP contribution in [0.25, 0.3) is 0 Å². The van der Waals surface area contributed by atoms with Gasteiger partial charge in [0.15, 0.2) is 0 Å². The van der Waals surface area contributed by atoms with E-state index >= 15 is 0 Å². The average molecular weight is 231 g/mol. The molecule has 0 amide bonds. The maximum atomic E-state index is 13.4. The molecule has 0 saturated carbocycles. The highest BCUT2D eigenvalue weighted by atomic mass is 32.2. The second-order valence-electron chi connectivity index (χ2n) is 3.77. The van der Waals surface area contributed by atoms with Crippen molar-refractivity contribution in [2.24, 2.45) is 0 Å². The van der Waals surface area contributed by atoms with Crippen molar-refractivity contribution < 1.29 is 12.8 Å². The van der Waals surface area contributed by atoms with Gasteiger partial charge in [0.25, 0.3) is 0 Å². The van der Waals surface area contributed by atoms with Crippen LogP contribution in [0, 0.1) is 5.82 Å². The number of nitrogens with one attached hydrogen (secondary N) is 1. The van der Waals surface area contributed by atoms with E-state index in [4.69, 9.17) is 0 Å². The van der Waals surface area contributed by atoms with Gasteiger partial charge in [-0.3, -0.25) is 4.72 Å². The number of sulfonamides is 1. The average Bonchev–Trinajstić information content (AvgIpc) is 1.99. The summed E-state index contributed by atoms with van der Waals surface area (Å²) in [5, 5.41) is 0. The van der Waals surface area contributed by atoms with Crippen molar-refractivity contribution >= 4 is 15.7 Å². The lowest BCUT2D eigenvalue weighted by Crippen LogP contribution is -2.10. The van der Waals surface area contributed by atoms with Gasteiger partial charge in [0.2, 0.25) is 10.0 Å². The number of anilines is 1. The zero-order valence-electron chi connectivity index (χ0n) is 8.91. The second kappa shape index (κ2) is 4.18. The molecule has 0 aromatic heterocycles. The summed E-state index contributed by atoms with van der Waals surface area (Å²) in [6.07, 6.45) is 1.03. The lowest BCUT2D eigenvalue weighted by Gasteiger charge is -2.09. The van der Waals surface area contributed by atoms with E-state index < -0.39 is 15.8 Å². The van der Waals surface area contributed by atoms with Crippen molar-refractivity contribution in [3.63, 3.8) is 0 Å². The molecule has 0 atom stereocenters. The topological polar surface area (TPSA) is 46.2 Å². The van der Waals surface area contributed by atoms with Gasteiger partial charge in [-0.25, -0.2) is 12.8 Å². The van der Waals surface area contributed by atoms with Gasteiger partial charge in [0.1, 0.15) is 5.82 Å². The first-order valence-corrected chi connectivity index (χ1v) is 6.46. The Morgan fingerprint density at radius 3 is 2.33 bits per heavy atom. The molecular weight excluding hydrogens is 217 g/mol. The third kappa shape index (κ3) is 3.51. The third-order valence-corrected chi connectivity index (χ3v) is 2.53. The van der Waals surface area contributed by atoms with Crippen LogP contribution in [0.15, 0.2) is 18.2 Å². The summed E-state index contributed by atoms with van der Waals surface area (Å²) in [5.41, 5.74) is 0.827. The molecule has 0 fully saturated rings. The minimum atomic E-state index is -3.34.